The monoisotopic (exact) mass is 639 g/mol. The molecule has 1 atom stereocenters. The van der Waals surface area contributed by atoms with E-state index in [9.17, 15) is 18.7 Å². The number of carboxylic acid groups (broad SMARTS) is 1. The third-order valence-corrected chi connectivity index (χ3v) is 9.26. The number of anilines is 1. The molecule has 1 aromatic heterocycles. The Balaban J connectivity index is 1.56. The van der Waals surface area contributed by atoms with Gasteiger partial charge in [-0.1, -0.05) is 43.6 Å². The van der Waals surface area contributed by atoms with Crippen molar-refractivity contribution in [3.8, 4) is 11.1 Å². The highest BCUT2D eigenvalue weighted by molar-refractivity contribution is 6.30. The number of carboxylic acids is 1. The first-order chi connectivity index (χ1) is 21.0. The minimum absolute atomic E-state index is 0.0214. The minimum Gasteiger partial charge on any atom is -0.479 e. The fraction of sp³-hybridized carbons (Fsp3) is 0.500. The smallest absolute Gasteiger partial charge is 0.337 e. The van der Waals surface area contributed by atoms with Crippen molar-refractivity contribution in [1.82, 2.24) is 9.88 Å². The summed E-state index contributed by atoms with van der Waals surface area (Å²) in [7, 11) is 0. The van der Waals surface area contributed by atoms with Crippen LogP contribution in [0, 0.1) is 30.9 Å². The van der Waals surface area contributed by atoms with Gasteiger partial charge in [-0.25, -0.2) is 13.6 Å². The Morgan fingerprint density at radius 1 is 1.04 bits per heavy atom. The molecule has 5 rings (SSSR count). The molecular formula is C36H44ClF2N3O3. The van der Waals surface area contributed by atoms with Crippen LogP contribution in [0.3, 0.4) is 0 Å². The number of piperidine rings is 1. The minimum atomic E-state index is -1.18. The summed E-state index contributed by atoms with van der Waals surface area (Å²) in [4.78, 5) is 22.1. The Morgan fingerprint density at radius 3 is 2.29 bits per heavy atom. The van der Waals surface area contributed by atoms with Crippen molar-refractivity contribution in [2.45, 2.75) is 92.5 Å². The molecule has 3 aromatic rings. The average molecular weight is 640 g/mol. The molecule has 3 heterocycles. The van der Waals surface area contributed by atoms with Crippen molar-refractivity contribution in [1.29, 1.82) is 0 Å². The molecule has 2 aliphatic rings. The Labute approximate surface area is 270 Å². The van der Waals surface area contributed by atoms with Gasteiger partial charge in [0.25, 0.3) is 0 Å². The van der Waals surface area contributed by atoms with Crippen molar-refractivity contribution in [3.05, 3.63) is 80.6 Å². The molecule has 9 heteroatoms. The molecule has 1 fully saturated rings. The van der Waals surface area contributed by atoms with Crippen molar-refractivity contribution >= 4 is 23.3 Å². The highest BCUT2D eigenvalue weighted by Crippen LogP contribution is 2.45. The molecule has 0 spiro atoms. The lowest BCUT2D eigenvalue weighted by Crippen LogP contribution is -2.39. The standard InChI is InChI=1S/C36H44ClF2N3O3/c1-21-30(24-8-9-25-19-41(13-10-23(25)16-24)20-27-28(38)17-26(37)18-29(27)39)32(42-14-11-36(6,7)12-15-42)31(22(2)40-21)33(34(43)44)45-35(3,4)5/h8-9,16-18,33H,10-15,19-20H2,1-7H3,(H,43,44)/t33-/m0/s1. The van der Waals surface area contributed by atoms with Crippen molar-refractivity contribution < 1.29 is 23.4 Å². The predicted octanol–water partition coefficient (Wildman–Crippen LogP) is 8.42. The number of pyridine rings is 1. The van der Waals surface area contributed by atoms with Crippen LogP contribution in [-0.4, -0.2) is 46.2 Å². The molecule has 0 radical (unpaired) electrons. The number of benzene rings is 2. The second kappa shape index (κ2) is 12.6. The second-order valence-corrected chi connectivity index (χ2v) is 14.7. The summed E-state index contributed by atoms with van der Waals surface area (Å²) >= 11 is 5.82. The molecule has 0 saturated carbocycles. The number of nitrogens with zero attached hydrogens (tertiary/aromatic N) is 3. The van der Waals surface area contributed by atoms with Gasteiger partial charge in [0, 0.05) is 65.8 Å². The SMILES string of the molecule is Cc1nc(C)c([C@H](OC(C)(C)C)C(=O)O)c(N2CCC(C)(C)CC2)c1-c1ccc2c(c1)CCN(Cc1c(F)cc(Cl)cc1F)C2. The number of carbonyl (C=O) groups is 1. The van der Waals surface area contributed by atoms with E-state index in [0.717, 1.165) is 71.7 Å². The number of halogens is 3. The van der Waals surface area contributed by atoms with Crippen LogP contribution < -0.4 is 4.90 Å². The first-order valence-corrected chi connectivity index (χ1v) is 16.1. The summed E-state index contributed by atoms with van der Waals surface area (Å²) in [6.45, 7) is 17.0. The number of hydrogen-bond donors (Lipinski definition) is 1. The molecule has 242 valence electrons. The molecule has 0 unspecified atom stereocenters. The fourth-order valence-corrected chi connectivity index (χ4v) is 6.80. The highest BCUT2D eigenvalue weighted by atomic mass is 35.5. The van der Waals surface area contributed by atoms with Gasteiger partial charge in [0.05, 0.1) is 11.3 Å². The quantitative estimate of drug-likeness (QED) is 0.280. The summed E-state index contributed by atoms with van der Waals surface area (Å²) < 4.78 is 35.3. The van der Waals surface area contributed by atoms with Gasteiger partial charge in [0.2, 0.25) is 0 Å². The van der Waals surface area contributed by atoms with E-state index < -0.39 is 29.3 Å². The molecule has 1 N–H and O–H groups in total. The first-order valence-electron chi connectivity index (χ1n) is 15.7. The highest BCUT2D eigenvalue weighted by Gasteiger charge is 2.36. The second-order valence-electron chi connectivity index (χ2n) is 14.3. The lowest BCUT2D eigenvalue weighted by molar-refractivity contribution is -0.160. The van der Waals surface area contributed by atoms with Crippen LogP contribution in [0.1, 0.15) is 87.2 Å². The molecule has 0 amide bonds. The molecule has 2 aromatic carbocycles. The van der Waals surface area contributed by atoms with Gasteiger partial charge in [-0.05, 0) is 88.1 Å². The fourth-order valence-electron chi connectivity index (χ4n) is 6.60. The maximum absolute atomic E-state index is 14.5. The van der Waals surface area contributed by atoms with E-state index >= 15 is 0 Å². The number of rotatable bonds is 7. The Bertz CT molecular complexity index is 1580. The molecule has 6 nitrogen and oxygen atoms in total. The predicted molar refractivity (Wildman–Crippen MR) is 175 cm³/mol. The van der Waals surface area contributed by atoms with E-state index in [0.29, 0.717) is 30.8 Å². The topological polar surface area (TPSA) is 65.9 Å². The van der Waals surface area contributed by atoms with Crippen LogP contribution in [0.2, 0.25) is 5.02 Å². The summed E-state index contributed by atoms with van der Waals surface area (Å²) in [5, 5.41) is 10.5. The van der Waals surface area contributed by atoms with Crippen LogP contribution in [0.15, 0.2) is 30.3 Å². The van der Waals surface area contributed by atoms with Crippen LogP contribution >= 0.6 is 11.6 Å². The van der Waals surface area contributed by atoms with Crippen LogP contribution in [0.25, 0.3) is 11.1 Å². The average Bonchev–Trinajstić information content (AvgIpc) is 2.93. The van der Waals surface area contributed by atoms with Gasteiger partial charge in [-0.2, -0.15) is 0 Å². The number of ether oxygens (including phenoxy) is 1. The van der Waals surface area contributed by atoms with Crippen LogP contribution in [0.4, 0.5) is 14.5 Å². The molecule has 2 aliphatic heterocycles. The van der Waals surface area contributed by atoms with E-state index in [-0.39, 0.29) is 22.5 Å². The third-order valence-electron chi connectivity index (χ3n) is 9.04. The molecule has 45 heavy (non-hydrogen) atoms. The van der Waals surface area contributed by atoms with Crippen molar-refractivity contribution in [2.24, 2.45) is 5.41 Å². The Morgan fingerprint density at radius 2 is 1.69 bits per heavy atom. The Hall–Kier alpha value is -3.07. The number of aromatic nitrogens is 1. The summed E-state index contributed by atoms with van der Waals surface area (Å²) in [6.07, 6.45) is 1.50. The van der Waals surface area contributed by atoms with Gasteiger partial charge in [-0.3, -0.25) is 9.88 Å². The van der Waals surface area contributed by atoms with Crippen LogP contribution in [-0.2, 0) is 29.0 Å². The molecule has 0 bridgehead atoms. The van der Waals surface area contributed by atoms with Gasteiger partial charge in [-0.15, -0.1) is 0 Å². The number of aryl methyl sites for hydroxylation is 2. The number of aliphatic carboxylic acids is 1. The molecular weight excluding hydrogens is 596 g/mol. The van der Waals surface area contributed by atoms with Gasteiger partial charge in [0.1, 0.15) is 11.6 Å². The number of hydrogen-bond acceptors (Lipinski definition) is 5. The van der Waals surface area contributed by atoms with Crippen molar-refractivity contribution in [3.63, 3.8) is 0 Å². The van der Waals surface area contributed by atoms with Crippen molar-refractivity contribution in [2.75, 3.05) is 24.5 Å². The lowest BCUT2D eigenvalue weighted by atomic mass is 9.81. The number of fused-ring (bicyclic) bond motifs is 1. The largest absolute Gasteiger partial charge is 0.479 e. The lowest BCUT2D eigenvalue weighted by Gasteiger charge is -2.41. The summed E-state index contributed by atoms with van der Waals surface area (Å²) in [5.41, 5.74) is 6.68. The van der Waals surface area contributed by atoms with E-state index in [1.807, 2.05) is 39.5 Å². The maximum Gasteiger partial charge on any atom is 0.337 e. The summed E-state index contributed by atoms with van der Waals surface area (Å²) in [6, 6.07) is 8.62. The normalized spacial score (nSPS) is 17.7. The van der Waals surface area contributed by atoms with E-state index in [4.69, 9.17) is 21.3 Å². The van der Waals surface area contributed by atoms with Crippen LogP contribution in [0.5, 0.6) is 0 Å². The van der Waals surface area contributed by atoms with E-state index in [1.54, 1.807) is 0 Å². The van der Waals surface area contributed by atoms with Gasteiger partial charge in [0.15, 0.2) is 6.10 Å². The zero-order valence-electron chi connectivity index (χ0n) is 27.4. The zero-order chi connectivity index (χ0) is 32.8. The first kappa shape index (κ1) is 33.3. The van der Waals surface area contributed by atoms with Gasteiger partial charge >= 0.3 is 5.97 Å². The zero-order valence-corrected chi connectivity index (χ0v) is 28.1. The Kier molecular flexibility index (Phi) is 9.33. The van der Waals surface area contributed by atoms with Gasteiger partial charge < -0.3 is 14.7 Å². The third kappa shape index (κ3) is 7.34. The maximum atomic E-state index is 14.5. The molecule has 0 aliphatic carbocycles. The molecule has 1 saturated heterocycles. The van der Waals surface area contributed by atoms with E-state index in [1.165, 1.54) is 0 Å². The summed E-state index contributed by atoms with van der Waals surface area (Å²) in [5.74, 6) is -2.31. The van der Waals surface area contributed by atoms with E-state index in [2.05, 4.69) is 36.9 Å².